The van der Waals surface area contributed by atoms with E-state index < -0.39 is 5.91 Å². The van der Waals surface area contributed by atoms with Crippen molar-refractivity contribution in [1.82, 2.24) is 15.1 Å². The highest BCUT2D eigenvalue weighted by Crippen LogP contribution is 2.26. The Morgan fingerprint density at radius 3 is 2.59 bits per heavy atom. The van der Waals surface area contributed by atoms with Crippen molar-refractivity contribution in [2.45, 2.75) is 5.22 Å². The minimum absolute atomic E-state index is 0.0338. The standard InChI is InChI=1S/C19H13ClN4O4S/c1-24-17(26)13-7-6-12(8-14(13)18(24)27)21-15(25)9-29-19-23-22-16(28-19)10-2-4-11(20)5-3-10/h2-8H,9H2,1H3,(H,21,25). The first kappa shape index (κ1) is 19.2. The number of halogens is 1. The zero-order chi connectivity index (χ0) is 20.5. The SMILES string of the molecule is CN1C(=O)c2ccc(NC(=O)CSc3nnc(-c4ccc(Cl)cc4)o3)cc2C1=O. The zero-order valence-corrected chi connectivity index (χ0v) is 16.6. The molecule has 0 saturated heterocycles. The van der Waals surface area contributed by atoms with Crippen LogP contribution in [0.25, 0.3) is 11.5 Å². The van der Waals surface area contributed by atoms with Gasteiger partial charge in [0.05, 0.1) is 16.9 Å². The first-order chi connectivity index (χ1) is 13.9. The summed E-state index contributed by atoms with van der Waals surface area (Å²) < 4.78 is 5.54. The fourth-order valence-corrected chi connectivity index (χ4v) is 3.43. The average Bonchev–Trinajstić information content (AvgIpc) is 3.27. The van der Waals surface area contributed by atoms with E-state index >= 15 is 0 Å². The number of hydrogen-bond donors (Lipinski definition) is 1. The van der Waals surface area contributed by atoms with Crippen LogP contribution in [0.2, 0.25) is 5.02 Å². The monoisotopic (exact) mass is 428 g/mol. The number of aromatic nitrogens is 2. The van der Waals surface area contributed by atoms with Gasteiger partial charge in [-0.2, -0.15) is 0 Å². The van der Waals surface area contributed by atoms with Crippen LogP contribution in [0.3, 0.4) is 0 Å². The van der Waals surface area contributed by atoms with Gasteiger partial charge in [0.15, 0.2) is 0 Å². The molecule has 4 rings (SSSR count). The van der Waals surface area contributed by atoms with Gasteiger partial charge >= 0.3 is 0 Å². The number of carbonyl (C=O) groups excluding carboxylic acids is 3. The second kappa shape index (κ2) is 7.69. The normalized spacial score (nSPS) is 13.0. The lowest BCUT2D eigenvalue weighted by Crippen LogP contribution is -2.24. The maximum atomic E-state index is 12.2. The van der Waals surface area contributed by atoms with Gasteiger partial charge in [0.2, 0.25) is 11.8 Å². The number of benzene rings is 2. The van der Waals surface area contributed by atoms with Crippen LogP contribution in [-0.4, -0.2) is 45.6 Å². The summed E-state index contributed by atoms with van der Waals surface area (Å²) >= 11 is 6.94. The molecule has 2 aromatic carbocycles. The molecular formula is C19H13ClN4O4S. The summed E-state index contributed by atoms with van der Waals surface area (Å²) in [5.74, 6) is -0.698. The molecule has 1 N–H and O–H groups in total. The molecule has 0 bridgehead atoms. The number of anilines is 1. The van der Waals surface area contributed by atoms with Crippen molar-refractivity contribution in [2.24, 2.45) is 0 Å². The molecule has 0 spiro atoms. The summed E-state index contributed by atoms with van der Waals surface area (Å²) in [5.41, 5.74) is 1.75. The number of nitrogens with zero attached hydrogens (tertiary/aromatic N) is 3. The van der Waals surface area contributed by atoms with Crippen LogP contribution in [-0.2, 0) is 4.79 Å². The van der Waals surface area contributed by atoms with Gasteiger partial charge in [-0.3, -0.25) is 19.3 Å². The Balaban J connectivity index is 1.37. The van der Waals surface area contributed by atoms with E-state index in [0.29, 0.717) is 22.2 Å². The first-order valence-corrected chi connectivity index (χ1v) is 9.77. The molecule has 0 aliphatic carbocycles. The van der Waals surface area contributed by atoms with Crippen molar-refractivity contribution >= 4 is 46.8 Å². The van der Waals surface area contributed by atoms with Gasteiger partial charge in [-0.25, -0.2) is 0 Å². The van der Waals surface area contributed by atoms with Crippen LogP contribution in [0.1, 0.15) is 20.7 Å². The Morgan fingerprint density at radius 1 is 1.10 bits per heavy atom. The molecule has 0 atom stereocenters. The fourth-order valence-electron chi connectivity index (χ4n) is 2.74. The molecule has 146 valence electrons. The van der Waals surface area contributed by atoms with E-state index in [-0.39, 0.29) is 28.4 Å². The highest BCUT2D eigenvalue weighted by Gasteiger charge is 2.32. The number of thioether (sulfide) groups is 1. The number of imide groups is 1. The van der Waals surface area contributed by atoms with E-state index in [4.69, 9.17) is 16.0 Å². The van der Waals surface area contributed by atoms with Crippen LogP contribution < -0.4 is 5.32 Å². The van der Waals surface area contributed by atoms with Gasteiger partial charge in [-0.1, -0.05) is 23.4 Å². The Kier molecular flexibility index (Phi) is 5.08. The zero-order valence-electron chi connectivity index (χ0n) is 15.0. The molecule has 3 amide bonds. The van der Waals surface area contributed by atoms with Crippen molar-refractivity contribution in [3.8, 4) is 11.5 Å². The second-order valence-electron chi connectivity index (χ2n) is 6.15. The first-order valence-electron chi connectivity index (χ1n) is 8.41. The predicted molar refractivity (Wildman–Crippen MR) is 107 cm³/mol. The molecule has 8 nitrogen and oxygen atoms in total. The van der Waals surface area contributed by atoms with Gasteiger partial charge in [0, 0.05) is 23.3 Å². The number of amides is 3. The third kappa shape index (κ3) is 3.87. The van der Waals surface area contributed by atoms with Gasteiger partial charge in [0.25, 0.3) is 17.0 Å². The summed E-state index contributed by atoms with van der Waals surface area (Å²) in [4.78, 5) is 37.2. The Labute approximate surface area is 174 Å². The number of rotatable bonds is 5. The van der Waals surface area contributed by atoms with Crippen LogP contribution in [0.15, 0.2) is 52.1 Å². The Morgan fingerprint density at radius 2 is 1.83 bits per heavy atom. The van der Waals surface area contributed by atoms with Crippen LogP contribution in [0.4, 0.5) is 5.69 Å². The average molecular weight is 429 g/mol. The van der Waals surface area contributed by atoms with E-state index in [0.717, 1.165) is 22.2 Å². The molecule has 1 aliphatic heterocycles. The fraction of sp³-hybridized carbons (Fsp3) is 0.105. The number of hydrogen-bond acceptors (Lipinski definition) is 7. The molecule has 0 saturated carbocycles. The predicted octanol–water partition coefficient (Wildman–Crippen LogP) is 3.35. The third-order valence-corrected chi connectivity index (χ3v) is 5.27. The van der Waals surface area contributed by atoms with Crippen molar-refractivity contribution in [3.05, 3.63) is 58.6 Å². The van der Waals surface area contributed by atoms with Crippen molar-refractivity contribution < 1.29 is 18.8 Å². The quantitative estimate of drug-likeness (QED) is 0.490. The summed E-state index contributed by atoms with van der Waals surface area (Å²) in [6, 6.07) is 11.5. The summed E-state index contributed by atoms with van der Waals surface area (Å²) in [7, 11) is 1.42. The van der Waals surface area contributed by atoms with Crippen LogP contribution >= 0.6 is 23.4 Å². The van der Waals surface area contributed by atoms with E-state index in [2.05, 4.69) is 15.5 Å². The Hall–Kier alpha value is -3.17. The maximum absolute atomic E-state index is 12.2. The number of fused-ring (bicyclic) bond motifs is 1. The summed E-state index contributed by atoms with van der Waals surface area (Å²) in [5, 5.41) is 11.4. The van der Waals surface area contributed by atoms with Crippen molar-refractivity contribution in [1.29, 1.82) is 0 Å². The van der Waals surface area contributed by atoms with Crippen LogP contribution in [0, 0.1) is 0 Å². The summed E-state index contributed by atoms with van der Waals surface area (Å²) in [6.45, 7) is 0. The van der Waals surface area contributed by atoms with Crippen LogP contribution in [0.5, 0.6) is 0 Å². The molecule has 1 aliphatic rings. The summed E-state index contributed by atoms with van der Waals surface area (Å²) in [6.07, 6.45) is 0. The number of nitrogens with one attached hydrogen (secondary N) is 1. The van der Waals surface area contributed by atoms with Gasteiger partial charge < -0.3 is 9.73 Å². The highest BCUT2D eigenvalue weighted by molar-refractivity contribution is 7.99. The largest absolute Gasteiger partial charge is 0.411 e. The third-order valence-electron chi connectivity index (χ3n) is 4.20. The molecule has 2 heterocycles. The smallest absolute Gasteiger partial charge is 0.277 e. The molecule has 0 unspecified atom stereocenters. The van der Waals surface area contributed by atoms with Crippen molar-refractivity contribution in [3.63, 3.8) is 0 Å². The maximum Gasteiger partial charge on any atom is 0.277 e. The van der Waals surface area contributed by atoms with Gasteiger partial charge in [0.1, 0.15) is 0 Å². The molecule has 29 heavy (non-hydrogen) atoms. The van der Waals surface area contributed by atoms with Crippen molar-refractivity contribution in [2.75, 3.05) is 18.1 Å². The molecule has 10 heteroatoms. The van der Waals surface area contributed by atoms with E-state index in [9.17, 15) is 14.4 Å². The Bertz CT molecular complexity index is 1130. The topological polar surface area (TPSA) is 105 Å². The lowest BCUT2D eigenvalue weighted by Gasteiger charge is -2.05. The van der Waals surface area contributed by atoms with E-state index in [1.165, 1.54) is 19.2 Å². The number of carbonyl (C=O) groups is 3. The lowest BCUT2D eigenvalue weighted by molar-refractivity contribution is -0.113. The van der Waals surface area contributed by atoms with Gasteiger partial charge in [-0.15, -0.1) is 10.2 Å². The molecule has 0 radical (unpaired) electrons. The molecule has 0 fully saturated rings. The lowest BCUT2D eigenvalue weighted by atomic mass is 10.1. The molecule has 3 aromatic rings. The van der Waals surface area contributed by atoms with E-state index in [1.54, 1.807) is 30.3 Å². The highest BCUT2D eigenvalue weighted by atomic mass is 35.5. The van der Waals surface area contributed by atoms with E-state index in [1.807, 2.05) is 0 Å². The molecular weight excluding hydrogens is 416 g/mol. The molecule has 1 aromatic heterocycles. The minimum Gasteiger partial charge on any atom is -0.411 e. The van der Waals surface area contributed by atoms with Gasteiger partial charge in [-0.05, 0) is 42.5 Å². The second-order valence-corrected chi connectivity index (χ2v) is 7.51. The minimum atomic E-state index is -0.393.